The van der Waals surface area contributed by atoms with Gasteiger partial charge in [-0.05, 0) is 42.3 Å². The van der Waals surface area contributed by atoms with Crippen LogP contribution >= 0.6 is 0 Å². The highest BCUT2D eigenvalue weighted by Gasteiger charge is 2.25. The third-order valence-corrected chi connectivity index (χ3v) is 5.64. The molecule has 2 aromatic carbocycles. The van der Waals surface area contributed by atoms with Crippen molar-refractivity contribution in [3.05, 3.63) is 60.3 Å². The van der Waals surface area contributed by atoms with E-state index >= 15 is 0 Å². The average Bonchev–Trinajstić information content (AvgIpc) is 2.74. The van der Waals surface area contributed by atoms with Gasteiger partial charge < -0.3 is 9.64 Å². The topological polar surface area (TPSA) is 42.4 Å². The Morgan fingerprint density at radius 2 is 1.83 bits per heavy atom. The van der Waals surface area contributed by atoms with Gasteiger partial charge in [-0.3, -0.25) is 9.78 Å². The number of piperidine rings is 1. The number of likely N-dealkylation sites (tertiary alicyclic amines) is 1. The van der Waals surface area contributed by atoms with Crippen molar-refractivity contribution in [2.45, 2.75) is 39.7 Å². The molecule has 0 atom stereocenters. The minimum absolute atomic E-state index is 0.0619. The molecule has 1 fully saturated rings. The van der Waals surface area contributed by atoms with E-state index in [1.165, 1.54) is 0 Å². The van der Waals surface area contributed by atoms with Crippen LogP contribution in [0.2, 0.25) is 0 Å². The van der Waals surface area contributed by atoms with E-state index in [1.807, 2.05) is 43.1 Å². The summed E-state index contributed by atoms with van der Waals surface area (Å²) in [5.41, 5.74) is 4.39. The van der Waals surface area contributed by atoms with Gasteiger partial charge in [0.25, 0.3) is 0 Å². The van der Waals surface area contributed by atoms with Gasteiger partial charge in [0.05, 0.1) is 5.52 Å². The molecule has 0 unspecified atom stereocenters. The zero-order chi connectivity index (χ0) is 20.4. The standard InChI is InChI=1S/C25H28N2O2/c1-17(2)25(28)27-12-10-22(11-13-27)29-24-9-8-19(14-18(24)3)21-15-20-6-4-5-7-23(20)26-16-21/h4-9,14-17,22H,10-13H2,1-3H3. The molecule has 29 heavy (non-hydrogen) atoms. The van der Waals surface area contributed by atoms with Gasteiger partial charge >= 0.3 is 0 Å². The van der Waals surface area contributed by atoms with Crippen molar-refractivity contribution < 1.29 is 9.53 Å². The van der Waals surface area contributed by atoms with E-state index < -0.39 is 0 Å². The number of benzene rings is 2. The van der Waals surface area contributed by atoms with Gasteiger partial charge in [-0.2, -0.15) is 0 Å². The number of aryl methyl sites for hydroxylation is 1. The highest BCUT2D eigenvalue weighted by atomic mass is 16.5. The molecule has 1 saturated heterocycles. The Morgan fingerprint density at radius 3 is 2.55 bits per heavy atom. The fraction of sp³-hybridized carbons (Fsp3) is 0.360. The van der Waals surface area contributed by atoms with E-state index in [9.17, 15) is 4.79 Å². The van der Waals surface area contributed by atoms with Crippen LogP contribution in [0.1, 0.15) is 32.3 Å². The van der Waals surface area contributed by atoms with E-state index in [0.29, 0.717) is 0 Å². The minimum atomic E-state index is 0.0619. The van der Waals surface area contributed by atoms with Gasteiger partial charge in [-0.15, -0.1) is 0 Å². The summed E-state index contributed by atoms with van der Waals surface area (Å²) in [4.78, 5) is 18.7. The molecule has 1 aliphatic heterocycles. The second-order valence-electron chi connectivity index (χ2n) is 8.19. The van der Waals surface area contributed by atoms with Crippen LogP contribution in [0.5, 0.6) is 5.75 Å². The fourth-order valence-corrected chi connectivity index (χ4v) is 3.93. The van der Waals surface area contributed by atoms with Crippen molar-refractivity contribution in [3.8, 4) is 16.9 Å². The molecule has 4 rings (SSSR count). The van der Waals surface area contributed by atoms with Gasteiger partial charge in [0.1, 0.15) is 11.9 Å². The lowest BCUT2D eigenvalue weighted by molar-refractivity contribution is -0.136. The molecule has 0 aliphatic carbocycles. The SMILES string of the molecule is Cc1cc(-c2cnc3ccccc3c2)ccc1OC1CCN(C(=O)C(C)C)CC1. The summed E-state index contributed by atoms with van der Waals surface area (Å²) in [7, 11) is 0. The molecular formula is C25H28N2O2. The number of rotatable bonds is 4. The summed E-state index contributed by atoms with van der Waals surface area (Å²) in [5, 5.41) is 1.14. The number of ether oxygens (including phenoxy) is 1. The van der Waals surface area contributed by atoms with Crippen LogP contribution in [-0.2, 0) is 4.79 Å². The first kappa shape index (κ1) is 19.4. The van der Waals surface area contributed by atoms with Crippen molar-refractivity contribution in [2.24, 2.45) is 5.92 Å². The third-order valence-electron chi connectivity index (χ3n) is 5.64. The largest absolute Gasteiger partial charge is 0.490 e. The Bertz CT molecular complexity index is 1020. The number of amides is 1. The summed E-state index contributed by atoms with van der Waals surface area (Å²) >= 11 is 0. The Labute approximate surface area is 172 Å². The van der Waals surface area contributed by atoms with Crippen LogP contribution in [0.4, 0.5) is 0 Å². The van der Waals surface area contributed by atoms with Crippen molar-refractivity contribution in [1.29, 1.82) is 0 Å². The van der Waals surface area contributed by atoms with Gasteiger partial charge in [0, 0.05) is 49.0 Å². The Morgan fingerprint density at radius 1 is 1.07 bits per heavy atom. The number of nitrogens with zero attached hydrogens (tertiary/aromatic N) is 2. The zero-order valence-electron chi connectivity index (χ0n) is 17.4. The van der Waals surface area contributed by atoms with E-state index in [4.69, 9.17) is 4.74 Å². The maximum Gasteiger partial charge on any atom is 0.225 e. The molecule has 4 heteroatoms. The second kappa shape index (κ2) is 8.24. The first-order valence-electron chi connectivity index (χ1n) is 10.4. The van der Waals surface area contributed by atoms with Gasteiger partial charge in [0.15, 0.2) is 0 Å². The van der Waals surface area contributed by atoms with Gasteiger partial charge in [-0.25, -0.2) is 0 Å². The number of hydrogen-bond acceptors (Lipinski definition) is 3. The normalized spacial score (nSPS) is 15.1. The first-order valence-corrected chi connectivity index (χ1v) is 10.4. The predicted molar refractivity (Wildman–Crippen MR) is 117 cm³/mol. The zero-order valence-corrected chi connectivity index (χ0v) is 17.4. The molecule has 1 amide bonds. The number of aromatic nitrogens is 1. The van der Waals surface area contributed by atoms with E-state index in [2.05, 4.69) is 42.2 Å². The lowest BCUT2D eigenvalue weighted by Crippen LogP contribution is -2.43. The molecule has 0 bridgehead atoms. The van der Waals surface area contributed by atoms with E-state index in [0.717, 1.165) is 59.3 Å². The quantitative estimate of drug-likeness (QED) is 0.614. The highest BCUT2D eigenvalue weighted by molar-refractivity contribution is 5.83. The monoisotopic (exact) mass is 388 g/mol. The maximum atomic E-state index is 12.2. The molecule has 0 saturated carbocycles. The summed E-state index contributed by atoms with van der Waals surface area (Å²) in [6.45, 7) is 7.57. The number of hydrogen-bond donors (Lipinski definition) is 0. The van der Waals surface area contributed by atoms with Crippen LogP contribution in [0.15, 0.2) is 54.7 Å². The lowest BCUT2D eigenvalue weighted by Gasteiger charge is -2.33. The molecular weight excluding hydrogens is 360 g/mol. The number of carbonyl (C=O) groups excluding carboxylic acids is 1. The minimum Gasteiger partial charge on any atom is -0.490 e. The number of fused-ring (bicyclic) bond motifs is 1. The molecule has 3 aromatic rings. The van der Waals surface area contributed by atoms with E-state index in [-0.39, 0.29) is 17.9 Å². The summed E-state index contributed by atoms with van der Waals surface area (Å²) in [6.07, 6.45) is 3.86. The summed E-state index contributed by atoms with van der Waals surface area (Å²) in [6, 6.07) is 16.7. The fourth-order valence-electron chi connectivity index (χ4n) is 3.93. The van der Waals surface area contributed by atoms with E-state index in [1.54, 1.807) is 0 Å². The average molecular weight is 389 g/mol. The highest BCUT2D eigenvalue weighted by Crippen LogP contribution is 2.29. The number of pyridine rings is 1. The summed E-state index contributed by atoms with van der Waals surface area (Å²) in [5.74, 6) is 1.23. The van der Waals surface area contributed by atoms with Gasteiger partial charge in [-0.1, -0.05) is 38.1 Å². The lowest BCUT2D eigenvalue weighted by atomic mass is 10.0. The van der Waals surface area contributed by atoms with Crippen LogP contribution < -0.4 is 4.74 Å². The van der Waals surface area contributed by atoms with Crippen LogP contribution in [0.3, 0.4) is 0 Å². The first-order chi connectivity index (χ1) is 14.0. The molecule has 0 spiro atoms. The Hall–Kier alpha value is -2.88. The molecule has 0 N–H and O–H groups in total. The van der Waals surface area contributed by atoms with Crippen molar-refractivity contribution in [2.75, 3.05) is 13.1 Å². The van der Waals surface area contributed by atoms with Crippen molar-refractivity contribution >= 4 is 16.8 Å². The molecule has 150 valence electrons. The van der Waals surface area contributed by atoms with Crippen molar-refractivity contribution in [1.82, 2.24) is 9.88 Å². The second-order valence-corrected chi connectivity index (χ2v) is 8.19. The smallest absolute Gasteiger partial charge is 0.225 e. The molecule has 0 radical (unpaired) electrons. The van der Waals surface area contributed by atoms with Crippen molar-refractivity contribution in [3.63, 3.8) is 0 Å². The molecule has 4 nitrogen and oxygen atoms in total. The maximum absolute atomic E-state index is 12.2. The third kappa shape index (κ3) is 4.26. The van der Waals surface area contributed by atoms with Gasteiger partial charge in [0.2, 0.25) is 5.91 Å². The summed E-state index contributed by atoms with van der Waals surface area (Å²) < 4.78 is 6.28. The number of carbonyl (C=O) groups is 1. The molecule has 1 aromatic heterocycles. The number of para-hydroxylation sites is 1. The van der Waals surface area contributed by atoms with Crippen LogP contribution in [0.25, 0.3) is 22.0 Å². The molecule has 2 heterocycles. The Kier molecular flexibility index (Phi) is 5.52. The molecule has 1 aliphatic rings. The van der Waals surface area contributed by atoms with Crippen LogP contribution in [-0.4, -0.2) is 35.0 Å². The predicted octanol–water partition coefficient (Wildman–Crippen LogP) is 5.24. The Balaban J connectivity index is 1.44. The van der Waals surface area contributed by atoms with Crippen LogP contribution in [0, 0.1) is 12.8 Å².